The van der Waals surface area contributed by atoms with Crippen molar-refractivity contribution in [1.82, 2.24) is 0 Å². The number of aryl methyl sites for hydroxylation is 1. The van der Waals surface area contributed by atoms with Crippen LogP contribution in [0, 0.1) is 0 Å². The fraction of sp³-hybridized carbons (Fsp3) is 0.278. The molecule has 1 N–H and O–H groups in total. The predicted molar refractivity (Wildman–Crippen MR) is 97.9 cm³/mol. The van der Waals surface area contributed by atoms with Gasteiger partial charge in [-0.15, -0.1) is 0 Å². The quantitative estimate of drug-likeness (QED) is 0.909. The Labute approximate surface area is 147 Å². The van der Waals surface area contributed by atoms with E-state index in [0.29, 0.717) is 29.2 Å². The van der Waals surface area contributed by atoms with E-state index in [1.165, 1.54) is 10.6 Å². The number of carbonyl (C=O) groups excluding carboxylic acids is 1. The van der Waals surface area contributed by atoms with Crippen molar-refractivity contribution in [3.63, 3.8) is 0 Å². The van der Waals surface area contributed by atoms with Crippen LogP contribution in [0.25, 0.3) is 0 Å². The van der Waals surface area contributed by atoms with Gasteiger partial charge in [0, 0.05) is 17.8 Å². The molecule has 0 bridgehead atoms. The van der Waals surface area contributed by atoms with Crippen molar-refractivity contribution in [3.05, 3.63) is 53.6 Å². The lowest BCUT2D eigenvalue weighted by Gasteiger charge is -2.29. The number of anilines is 2. The number of methoxy groups -OCH3 is 1. The van der Waals surface area contributed by atoms with Crippen LogP contribution >= 0.6 is 0 Å². The van der Waals surface area contributed by atoms with Crippen molar-refractivity contribution in [2.45, 2.75) is 12.8 Å². The van der Waals surface area contributed by atoms with Gasteiger partial charge in [0.25, 0.3) is 5.91 Å². The van der Waals surface area contributed by atoms with Gasteiger partial charge in [-0.2, -0.15) is 0 Å². The van der Waals surface area contributed by atoms with Crippen molar-refractivity contribution < 1.29 is 17.9 Å². The molecule has 0 unspecified atom stereocenters. The first kappa shape index (κ1) is 17.3. The van der Waals surface area contributed by atoms with Crippen molar-refractivity contribution in [1.29, 1.82) is 0 Å². The lowest BCUT2D eigenvalue weighted by molar-refractivity contribution is 0.102. The van der Waals surface area contributed by atoms with Gasteiger partial charge in [-0.1, -0.05) is 0 Å². The molecule has 0 spiro atoms. The largest absolute Gasteiger partial charge is 0.497 e. The molecule has 2 aromatic rings. The number of nitrogens with one attached hydrogen (secondary N) is 1. The summed E-state index contributed by atoms with van der Waals surface area (Å²) in [4.78, 5) is 12.3. The van der Waals surface area contributed by atoms with Gasteiger partial charge < -0.3 is 10.1 Å². The van der Waals surface area contributed by atoms with Crippen LogP contribution in [-0.4, -0.2) is 34.2 Å². The molecular weight excluding hydrogens is 340 g/mol. The second-order valence-corrected chi connectivity index (χ2v) is 7.87. The fourth-order valence-electron chi connectivity index (χ4n) is 2.93. The maximum absolute atomic E-state index is 12.3. The van der Waals surface area contributed by atoms with Crippen molar-refractivity contribution >= 4 is 27.3 Å². The van der Waals surface area contributed by atoms with E-state index in [-0.39, 0.29) is 5.91 Å². The predicted octanol–water partition coefficient (Wildman–Crippen LogP) is 2.66. The topological polar surface area (TPSA) is 75.7 Å². The minimum atomic E-state index is -3.29. The maximum Gasteiger partial charge on any atom is 0.255 e. The number of amides is 1. The number of nitrogens with zero attached hydrogens (tertiary/aromatic N) is 1. The number of carbonyl (C=O) groups is 1. The molecule has 0 atom stereocenters. The molecule has 0 aliphatic carbocycles. The molecule has 0 saturated heterocycles. The summed E-state index contributed by atoms with van der Waals surface area (Å²) in [5.41, 5.74) is 2.78. The summed E-state index contributed by atoms with van der Waals surface area (Å²) in [6.07, 6.45) is 2.75. The number of ether oxygens (including phenoxy) is 1. The van der Waals surface area contributed by atoms with E-state index >= 15 is 0 Å². The van der Waals surface area contributed by atoms with Crippen LogP contribution in [0.15, 0.2) is 42.5 Å². The van der Waals surface area contributed by atoms with Gasteiger partial charge >= 0.3 is 0 Å². The maximum atomic E-state index is 12.3. The van der Waals surface area contributed by atoms with E-state index in [1.54, 1.807) is 43.5 Å². The average Bonchev–Trinajstić information content (AvgIpc) is 2.60. The van der Waals surface area contributed by atoms with E-state index < -0.39 is 10.0 Å². The highest BCUT2D eigenvalue weighted by Gasteiger charge is 2.24. The smallest absolute Gasteiger partial charge is 0.255 e. The summed E-state index contributed by atoms with van der Waals surface area (Å²) in [6.45, 7) is 0.489. The van der Waals surface area contributed by atoms with E-state index in [2.05, 4.69) is 5.32 Å². The molecule has 1 amide bonds. The summed E-state index contributed by atoms with van der Waals surface area (Å²) < 4.78 is 30.3. The molecule has 1 heterocycles. The summed E-state index contributed by atoms with van der Waals surface area (Å²) >= 11 is 0. The van der Waals surface area contributed by atoms with Gasteiger partial charge in [0.2, 0.25) is 10.0 Å². The minimum absolute atomic E-state index is 0.224. The number of benzene rings is 2. The van der Waals surface area contributed by atoms with Crippen molar-refractivity contribution in [2.75, 3.05) is 29.5 Å². The van der Waals surface area contributed by atoms with Gasteiger partial charge in [-0.05, 0) is 60.9 Å². The second kappa shape index (κ2) is 6.76. The number of fused-ring (bicyclic) bond motifs is 1. The zero-order chi connectivity index (χ0) is 18.0. The van der Waals surface area contributed by atoms with Crippen LogP contribution < -0.4 is 14.4 Å². The summed E-state index contributed by atoms with van der Waals surface area (Å²) in [5, 5.41) is 2.85. The number of rotatable bonds is 4. The second-order valence-electron chi connectivity index (χ2n) is 5.96. The van der Waals surface area contributed by atoms with Gasteiger partial charge in [-0.3, -0.25) is 9.10 Å². The van der Waals surface area contributed by atoms with Crippen LogP contribution in [0.4, 0.5) is 11.4 Å². The molecule has 2 aromatic carbocycles. The highest BCUT2D eigenvalue weighted by atomic mass is 32.2. The molecule has 6 nitrogen and oxygen atoms in total. The molecule has 1 aliphatic rings. The Bertz CT molecular complexity index is 892. The molecule has 132 valence electrons. The molecule has 7 heteroatoms. The number of sulfonamides is 1. The third-order valence-corrected chi connectivity index (χ3v) is 5.35. The Kier molecular flexibility index (Phi) is 4.67. The molecule has 0 radical (unpaired) electrons. The van der Waals surface area contributed by atoms with E-state index in [0.717, 1.165) is 18.4 Å². The van der Waals surface area contributed by atoms with Crippen LogP contribution in [0.3, 0.4) is 0 Å². The standard InChI is InChI=1S/C18H20N2O4S/c1-24-16-8-5-13(6-9-16)18(21)19-15-7-10-17-14(12-15)4-3-11-20(17)25(2,22)23/h5-10,12H,3-4,11H2,1-2H3,(H,19,21). The van der Waals surface area contributed by atoms with Gasteiger partial charge in [0.05, 0.1) is 19.1 Å². The molecular formula is C18H20N2O4S. The molecule has 0 aromatic heterocycles. The van der Waals surface area contributed by atoms with Crippen LogP contribution in [0.5, 0.6) is 5.75 Å². The van der Waals surface area contributed by atoms with E-state index in [4.69, 9.17) is 4.74 Å². The lowest BCUT2D eigenvalue weighted by atomic mass is 10.0. The Morgan fingerprint density at radius 2 is 1.88 bits per heavy atom. The van der Waals surface area contributed by atoms with Crippen LogP contribution in [-0.2, 0) is 16.4 Å². The average molecular weight is 360 g/mol. The third-order valence-electron chi connectivity index (χ3n) is 4.17. The van der Waals surface area contributed by atoms with Crippen LogP contribution in [0.2, 0.25) is 0 Å². The SMILES string of the molecule is COc1ccc(C(=O)Nc2ccc3c(c2)CCCN3S(C)(=O)=O)cc1. The molecule has 25 heavy (non-hydrogen) atoms. The summed E-state index contributed by atoms with van der Waals surface area (Å²) in [7, 11) is -1.72. The van der Waals surface area contributed by atoms with E-state index in [9.17, 15) is 13.2 Å². The molecule has 0 fully saturated rings. The van der Waals surface area contributed by atoms with E-state index in [1.807, 2.05) is 6.07 Å². The Morgan fingerprint density at radius 1 is 1.16 bits per heavy atom. The highest BCUT2D eigenvalue weighted by Crippen LogP contribution is 2.31. The van der Waals surface area contributed by atoms with Gasteiger partial charge in [-0.25, -0.2) is 8.42 Å². The van der Waals surface area contributed by atoms with Gasteiger partial charge in [0.15, 0.2) is 0 Å². The first-order valence-electron chi connectivity index (χ1n) is 7.94. The molecule has 0 saturated carbocycles. The molecule has 1 aliphatic heterocycles. The monoisotopic (exact) mass is 360 g/mol. The minimum Gasteiger partial charge on any atom is -0.497 e. The fourth-order valence-corrected chi connectivity index (χ4v) is 3.93. The van der Waals surface area contributed by atoms with Crippen LogP contribution in [0.1, 0.15) is 22.3 Å². The van der Waals surface area contributed by atoms with Crippen molar-refractivity contribution in [3.8, 4) is 5.75 Å². The normalized spacial score (nSPS) is 13.9. The zero-order valence-corrected chi connectivity index (χ0v) is 15.0. The zero-order valence-electron chi connectivity index (χ0n) is 14.2. The first-order valence-corrected chi connectivity index (χ1v) is 9.79. The third kappa shape index (κ3) is 3.76. The van der Waals surface area contributed by atoms with Gasteiger partial charge in [0.1, 0.15) is 5.75 Å². The highest BCUT2D eigenvalue weighted by molar-refractivity contribution is 7.92. The summed E-state index contributed by atoms with van der Waals surface area (Å²) in [6, 6.07) is 12.2. The Hall–Kier alpha value is -2.54. The first-order chi connectivity index (χ1) is 11.9. The Morgan fingerprint density at radius 3 is 2.52 bits per heavy atom. The van der Waals surface area contributed by atoms with Crippen molar-refractivity contribution in [2.24, 2.45) is 0 Å². The summed E-state index contributed by atoms with van der Waals surface area (Å²) in [5.74, 6) is 0.463. The number of hydrogen-bond acceptors (Lipinski definition) is 4. The number of hydrogen-bond donors (Lipinski definition) is 1. The Balaban J connectivity index is 1.81. The lowest BCUT2D eigenvalue weighted by Crippen LogP contribution is -2.34. The molecule has 3 rings (SSSR count).